The molecule has 0 atom stereocenters. The fraction of sp³-hybridized carbons (Fsp3) is 0.286. The minimum atomic E-state index is -0.587. The Morgan fingerprint density at radius 1 is 1.21 bits per heavy atom. The van der Waals surface area contributed by atoms with Crippen molar-refractivity contribution < 1.29 is 14.6 Å². The van der Waals surface area contributed by atoms with E-state index in [9.17, 15) is 25.0 Å². The zero-order valence-electron chi connectivity index (χ0n) is 13.3. The van der Waals surface area contributed by atoms with E-state index in [1.165, 1.54) is 30.7 Å². The molecule has 0 saturated heterocycles. The summed E-state index contributed by atoms with van der Waals surface area (Å²) < 4.78 is 1.20. The van der Waals surface area contributed by atoms with Crippen LogP contribution in [0.4, 0.5) is 17.1 Å². The number of carbonyl (C=O) groups excluding carboxylic acids is 1. The van der Waals surface area contributed by atoms with Gasteiger partial charge in [-0.3, -0.25) is 29.7 Å². The number of anilines is 1. The Bertz CT molecular complexity index is 842. The molecule has 1 aromatic carbocycles. The number of nitrogens with zero attached hydrogens (tertiary/aromatic N) is 4. The standard InChI is InChI=1S/C14H15N5O5/c1-8-4-5-11(12(6-8)18(21)22)15-13(20)7-17-10(3)14(19(23)24)9(2)16-17/h4-6H,7H2,1-3H3,(H,15,20). The number of aromatic nitrogens is 2. The molecule has 0 bridgehead atoms. The van der Waals surface area contributed by atoms with Crippen LogP contribution in [-0.2, 0) is 11.3 Å². The molecule has 24 heavy (non-hydrogen) atoms. The van der Waals surface area contributed by atoms with Gasteiger partial charge in [-0.25, -0.2) is 0 Å². The van der Waals surface area contributed by atoms with Crippen molar-refractivity contribution in [3.05, 3.63) is 55.4 Å². The lowest BCUT2D eigenvalue weighted by Gasteiger charge is -2.07. The van der Waals surface area contributed by atoms with Crippen molar-refractivity contribution in [2.24, 2.45) is 0 Å². The molecule has 1 aromatic heterocycles. The lowest BCUT2D eigenvalue weighted by atomic mass is 10.2. The largest absolute Gasteiger partial charge is 0.319 e. The van der Waals surface area contributed by atoms with Crippen LogP contribution in [0.1, 0.15) is 17.0 Å². The predicted octanol–water partition coefficient (Wildman–Crippen LogP) is 2.26. The number of aryl methyl sites for hydroxylation is 2. The highest BCUT2D eigenvalue weighted by molar-refractivity contribution is 5.93. The fourth-order valence-electron chi connectivity index (χ4n) is 2.33. The minimum Gasteiger partial charge on any atom is -0.319 e. The molecule has 0 spiro atoms. The molecule has 0 aliphatic rings. The van der Waals surface area contributed by atoms with E-state index in [0.29, 0.717) is 5.56 Å². The van der Waals surface area contributed by atoms with Gasteiger partial charge in [0.15, 0.2) is 0 Å². The Hall–Kier alpha value is -3.30. The molecule has 0 fully saturated rings. The van der Waals surface area contributed by atoms with E-state index in [4.69, 9.17) is 0 Å². The molecular weight excluding hydrogens is 318 g/mol. The van der Waals surface area contributed by atoms with Crippen LogP contribution >= 0.6 is 0 Å². The summed E-state index contributed by atoms with van der Waals surface area (Å²) in [5.74, 6) is -0.567. The second kappa shape index (κ2) is 6.44. The van der Waals surface area contributed by atoms with Gasteiger partial charge in [-0.2, -0.15) is 5.10 Å². The highest BCUT2D eigenvalue weighted by Gasteiger charge is 2.23. The Morgan fingerprint density at radius 3 is 2.42 bits per heavy atom. The molecule has 1 amide bonds. The summed E-state index contributed by atoms with van der Waals surface area (Å²) in [4.78, 5) is 33.0. The van der Waals surface area contributed by atoms with Gasteiger partial charge in [-0.1, -0.05) is 6.07 Å². The molecule has 10 heteroatoms. The average molecular weight is 333 g/mol. The molecule has 2 rings (SSSR count). The van der Waals surface area contributed by atoms with Crippen LogP contribution in [0.5, 0.6) is 0 Å². The van der Waals surface area contributed by atoms with Crippen LogP contribution in [0.25, 0.3) is 0 Å². The van der Waals surface area contributed by atoms with Gasteiger partial charge >= 0.3 is 5.69 Å². The predicted molar refractivity (Wildman–Crippen MR) is 84.8 cm³/mol. The lowest BCUT2D eigenvalue weighted by Crippen LogP contribution is -2.21. The zero-order chi connectivity index (χ0) is 18.0. The van der Waals surface area contributed by atoms with Gasteiger partial charge in [-0.05, 0) is 32.4 Å². The van der Waals surface area contributed by atoms with E-state index < -0.39 is 15.8 Å². The van der Waals surface area contributed by atoms with Gasteiger partial charge in [0.2, 0.25) is 5.91 Å². The molecule has 1 heterocycles. The molecule has 1 N–H and O–H groups in total. The molecule has 0 unspecified atom stereocenters. The molecule has 0 aliphatic carbocycles. The van der Waals surface area contributed by atoms with E-state index in [1.54, 1.807) is 13.0 Å². The number of nitrogens with one attached hydrogen (secondary N) is 1. The monoisotopic (exact) mass is 333 g/mol. The smallest absolute Gasteiger partial charge is 0.312 e. The minimum absolute atomic E-state index is 0.0617. The quantitative estimate of drug-likeness (QED) is 0.659. The molecule has 0 saturated carbocycles. The van der Waals surface area contributed by atoms with Gasteiger partial charge in [0.05, 0.1) is 9.85 Å². The van der Waals surface area contributed by atoms with Crippen molar-refractivity contribution >= 4 is 23.0 Å². The summed E-state index contributed by atoms with van der Waals surface area (Å²) in [6, 6.07) is 4.43. The number of nitro groups is 2. The maximum absolute atomic E-state index is 12.1. The van der Waals surface area contributed by atoms with Gasteiger partial charge in [0.1, 0.15) is 23.6 Å². The highest BCUT2D eigenvalue weighted by Crippen LogP contribution is 2.26. The first kappa shape index (κ1) is 17.1. The van der Waals surface area contributed by atoms with Crippen molar-refractivity contribution in [3.63, 3.8) is 0 Å². The van der Waals surface area contributed by atoms with E-state index in [-0.39, 0.29) is 35.0 Å². The second-order valence-corrected chi connectivity index (χ2v) is 5.26. The van der Waals surface area contributed by atoms with Crippen molar-refractivity contribution in [2.45, 2.75) is 27.3 Å². The number of hydrogen-bond donors (Lipinski definition) is 1. The first-order valence-corrected chi connectivity index (χ1v) is 6.94. The van der Waals surface area contributed by atoms with Crippen LogP contribution in [-0.4, -0.2) is 25.5 Å². The third kappa shape index (κ3) is 3.37. The summed E-state index contributed by atoms with van der Waals surface area (Å²) in [6.07, 6.45) is 0. The van der Waals surface area contributed by atoms with Gasteiger partial charge in [0, 0.05) is 6.07 Å². The van der Waals surface area contributed by atoms with Crippen LogP contribution in [0.15, 0.2) is 18.2 Å². The number of benzene rings is 1. The number of nitro benzene ring substituents is 1. The van der Waals surface area contributed by atoms with Crippen molar-refractivity contribution in [2.75, 3.05) is 5.32 Å². The molecule has 2 aromatic rings. The lowest BCUT2D eigenvalue weighted by molar-refractivity contribution is -0.386. The average Bonchev–Trinajstić information content (AvgIpc) is 2.74. The molecular formula is C14H15N5O5. The first-order chi connectivity index (χ1) is 11.2. The molecule has 0 aliphatic heterocycles. The summed E-state index contributed by atoms with van der Waals surface area (Å²) in [5, 5.41) is 28.4. The summed E-state index contributed by atoms with van der Waals surface area (Å²) in [7, 11) is 0. The molecule has 0 radical (unpaired) electrons. The van der Waals surface area contributed by atoms with E-state index in [2.05, 4.69) is 10.4 Å². The van der Waals surface area contributed by atoms with Crippen LogP contribution < -0.4 is 5.32 Å². The number of hydrogen-bond acceptors (Lipinski definition) is 6. The molecule has 126 valence electrons. The number of amides is 1. The van der Waals surface area contributed by atoms with Crippen molar-refractivity contribution in [1.82, 2.24) is 9.78 Å². The van der Waals surface area contributed by atoms with E-state index >= 15 is 0 Å². The second-order valence-electron chi connectivity index (χ2n) is 5.26. The number of rotatable bonds is 5. The van der Waals surface area contributed by atoms with E-state index in [1.807, 2.05) is 0 Å². The summed E-state index contributed by atoms with van der Waals surface area (Å²) in [6.45, 7) is 4.38. The van der Waals surface area contributed by atoms with Crippen LogP contribution in [0.2, 0.25) is 0 Å². The highest BCUT2D eigenvalue weighted by atomic mass is 16.6. The number of carbonyl (C=O) groups is 1. The van der Waals surface area contributed by atoms with Gasteiger partial charge in [-0.15, -0.1) is 0 Å². The Morgan fingerprint density at radius 2 is 1.88 bits per heavy atom. The van der Waals surface area contributed by atoms with E-state index in [0.717, 1.165) is 0 Å². The Balaban J connectivity index is 2.22. The maximum Gasteiger partial charge on any atom is 0.312 e. The summed E-state index contributed by atoms with van der Waals surface area (Å²) >= 11 is 0. The third-order valence-electron chi connectivity index (χ3n) is 3.44. The normalized spacial score (nSPS) is 10.5. The Labute approximate surface area is 136 Å². The van der Waals surface area contributed by atoms with Gasteiger partial charge < -0.3 is 5.32 Å². The SMILES string of the molecule is Cc1ccc(NC(=O)Cn2nc(C)c([N+](=O)[O-])c2C)c([N+](=O)[O-])c1. The molecule has 10 nitrogen and oxygen atoms in total. The maximum atomic E-state index is 12.1. The topological polar surface area (TPSA) is 133 Å². The van der Waals surface area contributed by atoms with Crippen molar-refractivity contribution in [3.8, 4) is 0 Å². The van der Waals surface area contributed by atoms with Gasteiger partial charge in [0.25, 0.3) is 5.69 Å². The zero-order valence-corrected chi connectivity index (χ0v) is 13.3. The fourth-order valence-corrected chi connectivity index (χ4v) is 2.33. The van der Waals surface area contributed by atoms with Crippen molar-refractivity contribution in [1.29, 1.82) is 0 Å². The first-order valence-electron chi connectivity index (χ1n) is 6.94. The Kier molecular flexibility index (Phi) is 4.58. The van der Waals surface area contributed by atoms with Crippen LogP contribution in [0, 0.1) is 41.0 Å². The third-order valence-corrected chi connectivity index (χ3v) is 3.44. The summed E-state index contributed by atoms with van der Waals surface area (Å²) in [5.41, 5.74) is 0.824. The van der Waals surface area contributed by atoms with Crippen LogP contribution in [0.3, 0.4) is 0 Å².